The molecule has 0 saturated carbocycles. The highest BCUT2D eigenvalue weighted by Crippen LogP contribution is 2.26. The SMILES string of the molecule is CCCC1C=Cc2c(I)ncnc2C1. The Bertz CT molecular complexity index is 360. The molecular weight excluding hydrogens is 287 g/mol. The van der Waals surface area contributed by atoms with Crippen molar-refractivity contribution in [3.63, 3.8) is 0 Å². The number of allylic oxidation sites excluding steroid dienone is 1. The Hall–Kier alpha value is -0.450. The Morgan fingerprint density at radius 3 is 3.14 bits per heavy atom. The van der Waals surface area contributed by atoms with Crippen molar-refractivity contribution in [2.45, 2.75) is 26.2 Å². The molecule has 1 aliphatic rings. The fourth-order valence-corrected chi connectivity index (χ4v) is 2.47. The molecule has 1 aromatic heterocycles. The third kappa shape index (κ3) is 1.97. The van der Waals surface area contributed by atoms with Crippen molar-refractivity contribution in [2.75, 3.05) is 0 Å². The molecule has 0 aromatic carbocycles. The molecule has 2 rings (SSSR count). The second-order valence-electron chi connectivity index (χ2n) is 3.64. The van der Waals surface area contributed by atoms with Crippen LogP contribution in [0.1, 0.15) is 31.0 Å². The summed E-state index contributed by atoms with van der Waals surface area (Å²) >= 11 is 2.27. The minimum absolute atomic E-state index is 0.679. The first kappa shape index (κ1) is 10.1. The van der Waals surface area contributed by atoms with Gasteiger partial charge in [0, 0.05) is 5.56 Å². The summed E-state index contributed by atoms with van der Waals surface area (Å²) in [5.41, 5.74) is 2.44. The number of aromatic nitrogens is 2. The second kappa shape index (κ2) is 4.38. The van der Waals surface area contributed by atoms with Crippen LogP contribution < -0.4 is 0 Å². The lowest BCUT2D eigenvalue weighted by Crippen LogP contribution is -2.10. The molecule has 74 valence electrons. The monoisotopic (exact) mass is 300 g/mol. The lowest BCUT2D eigenvalue weighted by molar-refractivity contribution is 0.565. The normalized spacial score (nSPS) is 19.4. The maximum atomic E-state index is 4.35. The summed E-state index contributed by atoms with van der Waals surface area (Å²) in [6, 6.07) is 0. The summed E-state index contributed by atoms with van der Waals surface area (Å²) < 4.78 is 1.07. The van der Waals surface area contributed by atoms with Crippen LogP contribution in [0.3, 0.4) is 0 Å². The van der Waals surface area contributed by atoms with Gasteiger partial charge in [0.1, 0.15) is 10.0 Å². The minimum Gasteiger partial charge on any atom is -0.241 e. The second-order valence-corrected chi connectivity index (χ2v) is 4.66. The van der Waals surface area contributed by atoms with Crippen molar-refractivity contribution in [3.8, 4) is 0 Å². The summed E-state index contributed by atoms with van der Waals surface area (Å²) in [7, 11) is 0. The van der Waals surface area contributed by atoms with Crippen LogP contribution in [-0.2, 0) is 6.42 Å². The molecule has 0 N–H and O–H groups in total. The first-order valence-corrected chi connectivity index (χ1v) is 6.06. The maximum Gasteiger partial charge on any atom is 0.116 e. The first-order chi connectivity index (χ1) is 6.81. The quantitative estimate of drug-likeness (QED) is 0.619. The molecule has 1 unspecified atom stereocenters. The third-order valence-electron chi connectivity index (χ3n) is 2.57. The van der Waals surface area contributed by atoms with Gasteiger partial charge in [-0.3, -0.25) is 0 Å². The van der Waals surface area contributed by atoms with Crippen LogP contribution in [0.25, 0.3) is 6.08 Å². The zero-order valence-electron chi connectivity index (χ0n) is 8.20. The molecular formula is C11H13IN2. The van der Waals surface area contributed by atoms with E-state index in [1.807, 2.05) is 0 Å². The van der Waals surface area contributed by atoms with Gasteiger partial charge < -0.3 is 0 Å². The van der Waals surface area contributed by atoms with Crippen LogP contribution in [0.15, 0.2) is 12.4 Å². The Labute approximate surface area is 98.0 Å². The van der Waals surface area contributed by atoms with Gasteiger partial charge in [0.25, 0.3) is 0 Å². The lowest BCUT2D eigenvalue weighted by atomic mass is 9.91. The van der Waals surface area contributed by atoms with Gasteiger partial charge >= 0.3 is 0 Å². The van der Waals surface area contributed by atoms with Crippen LogP contribution in [0.2, 0.25) is 0 Å². The molecule has 1 atom stereocenters. The summed E-state index contributed by atoms with van der Waals surface area (Å²) in [6.45, 7) is 2.23. The lowest BCUT2D eigenvalue weighted by Gasteiger charge is -2.17. The maximum absolute atomic E-state index is 4.35. The van der Waals surface area contributed by atoms with E-state index < -0.39 is 0 Å². The number of nitrogens with zero attached hydrogens (tertiary/aromatic N) is 2. The number of hydrogen-bond acceptors (Lipinski definition) is 2. The summed E-state index contributed by atoms with van der Waals surface area (Å²) in [4.78, 5) is 8.53. The zero-order valence-corrected chi connectivity index (χ0v) is 10.4. The highest BCUT2D eigenvalue weighted by molar-refractivity contribution is 14.1. The number of rotatable bonds is 2. The van der Waals surface area contributed by atoms with Crippen molar-refractivity contribution >= 4 is 28.7 Å². The molecule has 1 aromatic rings. The number of halogens is 1. The first-order valence-electron chi connectivity index (χ1n) is 4.99. The molecule has 1 aliphatic carbocycles. The van der Waals surface area contributed by atoms with Crippen LogP contribution in [-0.4, -0.2) is 9.97 Å². The Morgan fingerprint density at radius 2 is 2.36 bits per heavy atom. The molecule has 0 radical (unpaired) electrons. The summed E-state index contributed by atoms with van der Waals surface area (Å²) in [5.74, 6) is 0.679. The predicted molar refractivity (Wildman–Crippen MR) is 65.9 cm³/mol. The van der Waals surface area contributed by atoms with Crippen LogP contribution in [0.5, 0.6) is 0 Å². The van der Waals surface area contributed by atoms with Crippen molar-refractivity contribution < 1.29 is 0 Å². The van der Waals surface area contributed by atoms with Gasteiger partial charge in [-0.2, -0.15) is 0 Å². The average Bonchev–Trinajstić information content (AvgIpc) is 2.18. The standard InChI is InChI=1S/C11H13IN2/c1-2-3-8-4-5-9-10(6-8)13-7-14-11(9)12/h4-5,7-8H,2-3,6H2,1H3. The fraction of sp³-hybridized carbons (Fsp3) is 0.455. The van der Waals surface area contributed by atoms with Gasteiger partial charge in [0.05, 0.1) is 5.69 Å². The predicted octanol–water partition coefficient (Wildman–Crippen LogP) is 3.07. The summed E-state index contributed by atoms with van der Waals surface area (Å²) in [6.07, 6.45) is 9.74. The van der Waals surface area contributed by atoms with E-state index in [1.165, 1.54) is 24.1 Å². The number of hydrogen-bond donors (Lipinski definition) is 0. The highest BCUT2D eigenvalue weighted by Gasteiger charge is 2.16. The topological polar surface area (TPSA) is 25.8 Å². The average molecular weight is 300 g/mol. The Balaban J connectivity index is 2.27. The molecule has 3 heteroatoms. The molecule has 0 amide bonds. The van der Waals surface area contributed by atoms with E-state index in [2.05, 4.69) is 51.6 Å². The third-order valence-corrected chi connectivity index (χ3v) is 3.43. The van der Waals surface area contributed by atoms with Gasteiger partial charge in [-0.25, -0.2) is 9.97 Å². The van der Waals surface area contributed by atoms with Crippen LogP contribution >= 0.6 is 22.6 Å². The van der Waals surface area contributed by atoms with Crippen molar-refractivity contribution in [1.82, 2.24) is 9.97 Å². The van der Waals surface area contributed by atoms with Crippen molar-refractivity contribution in [1.29, 1.82) is 0 Å². The summed E-state index contributed by atoms with van der Waals surface area (Å²) in [5, 5.41) is 0. The molecule has 0 bridgehead atoms. The van der Waals surface area contributed by atoms with Crippen LogP contribution in [0.4, 0.5) is 0 Å². The van der Waals surface area contributed by atoms with E-state index in [9.17, 15) is 0 Å². The molecule has 2 nitrogen and oxygen atoms in total. The molecule has 0 spiro atoms. The van der Waals surface area contributed by atoms with E-state index in [1.54, 1.807) is 6.33 Å². The molecule has 14 heavy (non-hydrogen) atoms. The van der Waals surface area contributed by atoms with Gasteiger partial charge in [0.2, 0.25) is 0 Å². The van der Waals surface area contributed by atoms with Crippen molar-refractivity contribution in [2.24, 2.45) is 5.92 Å². The fourth-order valence-electron chi connectivity index (χ4n) is 1.85. The molecule has 0 saturated heterocycles. The molecule has 0 aliphatic heterocycles. The minimum atomic E-state index is 0.679. The zero-order chi connectivity index (χ0) is 9.97. The van der Waals surface area contributed by atoms with Gasteiger partial charge in [0.15, 0.2) is 0 Å². The van der Waals surface area contributed by atoms with Gasteiger partial charge in [-0.05, 0) is 41.4 Å². The smallest absolute Gasteiger partial charge is 0.116 e. The van der Waals surface area contributed by atoms with E-state index in [4.69, 9.17) is 0 Å². The van der Waals surface area contributed by atoms with Crippen molar-refractivity contribution in [3.05, 3.63) is 27.4 Å². The number of fused-ring (bicyclic) bond motifs is 1. The molecule has 0 fully saturated rings. The van der Waals surface area contributed by atoms with Crippen LogP contribution in [0, 0.1) is 9.62 Å². The van der Waals surface area contributed by atoms with E-state index in [0.29, 0.717) is 5.92 Å². The van der Waals surface area contributed by atoms with E-state index >= 15 is 0 Å². The largest absolute Gasteiger partial charge is 0.241 e. The van der Waals surface area contributed by atoms with E-state index in [0.717, 1.165) is 10.1 Å². The molecule has 1 heterocycles. The van der Waals surface area contributed by atoms with Gasteiger partial charge in [-0.15, -0.1) is 0 Å². The highest BCUT2D eigenvalue weighted by atomic mass is 127. The van der Waals surface area contributed by atoms with E-state index in [-0.39, 0.29) is 0 Å². The Kier molecular flexibility index (Phi) is 3.15. The Morgan fingerprint density at radius 1 is 1.50 bits per heavy atom. The van der Waals surface area contributed by atoms with Gasteiger partial charge in [-0.1, -0.05) is 25.5 Å².